The molecule has 1 rings (SSSR count). The first-order valence-corrected chi connectivity index (χ1v) is 5.72. The summed E-state index contributed by atoms with van der Waals surface area (Å²) in [5, 5.41) is 17.6. The molecule has 16 heavy (non-hydrogen) atoms. The Bertz CT molecular complexity index is 277. The van der Waals surface area contributed by atoms with Crippen molar-refractivity contribution in [2.24, 2.45) is 5.73 Å². The zero-order valence-electron chi connectivity index (χ0n) is 9.00. The summed E-state index contributed by atoms with van der Waals surface area (Å²) in [6.07, 6.45) is 2.18. The Morgan fingerprint density at radius 1 is 1.69 bits per heavy atom. The number of aliphatic carboxylic acids is 1. The Kier molecular flexibility index (Phi) is 5.17. The van der Waals surface area contributed by atoms with Crippen LogP contribution in [0, 0.1) is 0 Å². The molecule has 0 amide bonds. The van der Waals surface area contributed by atoms with Gasteiger partial charge in [-0.2, -0.15) is 0 Å². The first kappa shape index (κ1) is 13.4. The van der Waals surface area contributed by atoms with Gasteiger partial charge in [-0.15, -0.1) is 0 Å². The first-order chi connectivity index (χ1) is 7.56. The maximum absolute atomic E-state index is 10.4. The largest absolute Gasteiger partial charge is 0.481 e. The van der Waals surface area contributed by atoms with Crippen LogP contribution in [-0.4, -0.2) is 52.0 Å². The van der Waals surface area contributed by atoms with Crippen LogP contribution < -0.4 is 5.73 Å². The number of rotatable bonds is 5. The van der Waals surface area contributed by atoms with Crippen molar-refractivity contribution in [2.45, 2.75) is 37.7 Å². The van der Waals surface area contributed by atoms with Gasteiger partial charge < -0.3 is 20.8 Å². The highest BCUT2D eigenvalue weighted by Crippen LogP contribution is 2.18. The molecule has 89 valence electrons. The number of hydrogen-bond donors (Lipinski definition) is 3. The topological polar surface area (TPSA) is 86.8 Å². The lowest BCUT2D eigenvalue weighted by atomic mass is 9.86. The van der Waals surface area contributed by atoms with Crippen LogP contribution in [0.25, 0.3) is 0 Å². The fraction of sp³-hybridized carbons (Fsp3) is 0.778. The van der Waals surface area contributed by atoms with E-state index in [0.717, 1.165) is 26.9 Å². The van der Waals surface area contributed by atoms with Crippen LogP contribution in [0.2, 0.25) is 0 Å². The Hall–Kier alpha value is -0.655. The van der Waals surface area contributed by atoms with Gasteiger partial charge in [0.05, 0.1) is 11.0 Å². The molecular weight excluding hydrogens is 227 g/mol. The van der Waals surface area contributed by atoms with E-state index in [1.807, 2.05) is 4.90 Å². The zero-order chi connectivity index (χ0) is 12.1. The summed E-state index contributed by atoms with van der Waals surface area (Å²) in [7, 11) is 1.13. The molecule has 1 heterocycles. The molecule has 0 saturated carbocycles. The predicted molar refractivity (Wildman–Crippen MR) is 65.1 cm³/mol. The van der Waals surface area contributed by atoms with E-state index in [1.165, 1.54) is 0 Å². The molecule has 5 nitrogen and oxygen atoms in total. The number of carboxylic acids is 1. The summed E-state index contributed by atoms with van der Waals surface area (Å²) in [6.45, 7) is 0.779. The lowest BCUT2D eigenvalue weighted by Crippen LogP contribution is -2.46. The molecule has 2 unspecified atom stereocenters. The predicted octanol–water partition coefficient (Wildman–Crippen LogP) is -0.461. The summed E-state index contributed by atoms with van der Waals surface area (Å²) in [5.41, 5.74) is 5.82. The van der Waals surface area contributed by atoms with E-state index in [1.54, 1.807) is 0 Å². The molecule has 0 aromatic carbocycles. The third-order valence-corrected chi connectivity index (χ3v) is 3.28. The molecule has 1 radical (unpaired) electrons. The van der Waals surface area contributed by atoms with Crippen LogP contribution in [0.15, 0.2) is 0 Å². The lowest BCUT2D eigenvalue weighted by Gasteiger charge is -2.28. The van der Waals surface area contributed by atoms with Crippen molar-refractivity contribution in [3.05, 3.63) is 0 Å². The van der Waals surface area contributed by atoms with Gasteiger partial charge in [0.15, 0.2) is 0 Å². The van der Waals surface area contributed by atoms with Crippen molar-refractivity contribution in [1.29, 1.82) is 0 Å². The average Bonchev–Trinajstić information content (AvgIpc) is 2.72. The number of nitrogens with two attached hydrogens (primary N) is 1. The van der Waals surface area contributed by atoms with Crippen LogP contribution >= 0.6 is 12.2 Å². The second-order valence-electron chi connectivity index (χ2n) is 3.93. The molecule has 0 aliphatic carbocycles. The van der Waals surface area contributed by atoms with Crippen molar-refractivity contribution >= 4 is 30.7 Å². The maximum Gasteiger partial charge on any atom is 0.312 e. The van der Waals surface area contributed by atoms with E-state index in [4.69, 9.17) is 28.1 Å². The average molecular weight is 243 g/mol. The fourth-order valence-electron chi connectivity index (χ4n) is 1.84. The van der Waals surface area contributed by atoms with E-state index in [0.29, 0.717) is 11.4 Å². The van der Waals surface area contributed by atoms with Gasteiger partial charge >= 0.3 is 13.5 Å². The minimum Gasteiger partial charge on any atom is -0.481 e. The molecule has 0 spiro atoms. The lowest BCUT2D eigenvalue weighted by molar-refractivity contribution is -0.137. The van der Waals surface area contributed by atoms with Gasteiger partial charge in [0.25, 0.3) is 0 Å². The number of thiocarbonyl (C=S) groups is 1. The van der Waals surface area contributed by atoms with Crippen molar-refractivity contribution in [3.8, 4) is 0 Å². The number of hydrogen-bond acceptors (Lipinski definition) is 4. The highest BCUT2D eigenvalue weighted by atomic mass is 32.1. The Balaban J connectivity index is 2.46. The fourth-order valence-corrected chi connectivity index (χ4v) is 2.18. The summed E-state index contributed by atoms with van der Waals surface area (Å²) in [5.74, 6) is -0.937. The Labute approximate surface area is 101 Å². The van der Waals surface area contributed by atoms with Gasteiger partial charge in [-0.25, -0.2) is 0 Å². The van der Waals surface area contributed by atoms with E-state index < -0.39 is 12.0 Å². The quantitative estimate of drug-likeness (QED) is 0.447. The van der Waals surface area contributed by atoms with Crippen LogP contribution in [-0.2, 0) is 4.79 Å². The molecule has 7 heteroatoms. The third-order valence-electron chi connectivity index (χ3n) is 2.74. The standard InChI is InChI=1S/C9H16BN2O3S/c11-6(3-4-8(13)14)9(16)12-5-1-2-7(12)10-15/h6-7,15H,1-5,11H2,(H,13,14). The second-order valence-corrected chi connectivity index (χ2v) is 4.35. The summed E-state index contributed by atoms with van der Waals surface area (Å²) >= 11 is 5.21. The number of carboxylic acid groups (broad SMARTS) is 1. The molecule has 0 aromatic rings. The second kappa shape index (κ2) is 6.17. The Morgan fingerprint density at radius 2 is 2.38 bits per heavy atom. The van der Waals surface area contributed by atoms with Crippen LogP contribution in [0.4, 0.5) is 0 Å². The van der Waals surface area contributed by atoms with E-state index in [9.17, 15) is 4.79 Å². The minimum atomic E-state index is -0.870. The van der Waals surface area contributed by atoms with Crippen molar-refractivity contribution < 1.29 is 14.9 Å². The molecule has 1 saturated heterocycles. The maximum atomic E-state index is 10.4. The zero-order valence-corrected chi connectivity index (χ0v) is 9.82. The van der Waals surface area contributed by atoms with Crippen molar-refractivity contribution in [3.63, 3.8) is 0 Å². The molecule has 2 atom stereocenters. The van der Waals surface area contributed by atoms with Gasteiger partial charge in [-0.1, -0.05) is 12.2 Å². The van der Waals surface area contributed by atoms with Crippen LogP contribution in [0.5, 0.6) is 0 Å². The van der Waals surface area contributed by atoms with Gasteiger partial charge in [0, 0.05) is 18.9 Å². The monoisotopic (exact) mass is 243 g/mol. The SMILES string of the molecule is NC(CCC(=O)O)C(=S)N1CCCC1[B]O. The van der Waals surface area contributed by atoms with Crippen LogP contribution in [0.1, 0.15) is 25.7 Å². The molecule has 4 N–H and O–H groups in total. The van der Waals surface area contributed by atoms with E-state index >= 15 is 0 Å². The summed E-state index contributed by atoms with van der Waals surface area (Å²) in [6, 6.07) is -0.424. The van der Waals surface area contributed by atoms with Crippen molar-refractivity contribution in [2.75, 3.05) is 6.54 Å². The van der Waals surface area contributed by atoms with Gasteiger partial charge in [0.2, 0.25) is 0 Å². The van der Waals surface area contributed by atoms with Gasteiger partial charge in [0.1, 0.15) is 0 Å². The smallest absolute Gasteiger partial charge is 0.312 e. The number of likely N-dealkylation sites (tertiary alicyclic amines) is 1. The highest BCUT2D eigenvalue weighted by Gasteiger charge is 2.29. The van der Waals surface area contributed by atoms with Gasteiger partial charge in [-0.05, 0) is 19.3 Å². The number of carbonyl (C=O) groups is 1. The Morgan fingerprint density at radius 3 is 2.94 bits per heavy atom. The molecule has 1 fully saturated rings. The minimum absolute atomic E-state index is 0.0165. The van der Waals surface area contributed by atoms with Crippen molar-refractivity contribution in [1.82, 2.24) is 4.90 Å². The highest BCUT2D eigenvalue weighted by molar-refractivity contribution is 7.80. The molecule has 1 aliphatic rings. The summed E-state index contributed by atoms with van der Waals surface area (Å²) in [4.78, 5) is 12.8. The summed E-state index contributed by atoms with van der Waals surface area (Å²) < 4.78 is 0. The molecule has 1 aliphatic heterocycles. The van der Waals surface area contributed by atoms with E-state index in [2.05, 4.69) is 0 Å². The molecular formula is C9H16BN2O3S. The van der Waals surface area contributed by atoms with Crippen LogP contribution in [0.3, 0.4) is 0 Å². The number of nitrogens with zero attached hydrogens (tertiary/aromatic N) is 1. The third kappa shape index (κ3) is 3.43. The normalized spacial score (nSPS) is 21.9. The van der Waals surface area contributed by atoms with E-state index in [-0.39, 0.29) is 12.4 Å². The first-order valence-electron chi connectivity index (χ1n) is 5.31. The molecule has 0 bridgehead atoms. The molecule has 0 aromatic heterocycles. The van der Waals surface area contributed by atoms with Gasteiger partial charge in [-0.3, -0.25) is 4.79 Å².